The molecule has 2 heterocycles. The van der Waals surface area contributed by atoms with E-state index in [4.69, 9.17) is 17.3 Å². The maximum absolute atomic E-state index is 5.83. The van der Waals surface area contributed by atoms with E-state index in [1.807, 2.05) is 6.07 Å². The molecule has 0 bridgehead atoms. The summed E-state index contributed by atoms with van der Waals surface area (Å²) in [6.07, 6.45) is 2.73. The van der Waals surface area contributed by atoms with E-state index in [-0.39, 0.29) is 0 Å². The highest BCUT2D eigenvalue weighted by Crippen LogP contribution is 2.19. The Bertz CT molecular complexity index is 542. The third-order valence-corrected chi connectivity index (χ3v) is 2.89. The highest BCUT2D eigenvalue weighted by molar-refractivity contribution is 6.29. The lowest BCUT2D eigenvalue weighted by Gasteiger charge is -2.10. The van der Waals surface area contributed by atoms with Crippen LogP contribution in [0.4, 0.5) is 11.5 Å². The Morgan fingerprint density at radius 1 is 1.33 bits per heavy atom. The molecule has 94 valence electrons. The first kappa shape index (κ1) is 12.6. The van der Waals surface area contributed by atoms with Crippen LogP contribution in [0.15, 0.2) is 30.5 Å². The average Bonchev–Trinajstić information content (AvgIpc) is 2.40. The zero-order valence-electron chi connectivity index (χ0n) is 10.2. The molecule has 0 aliphatic rings. The molecule has 2 aromatic rings. The number of nitrogens with one attached hydrogen (secondary N) is 1. The van der Waals surface area contributed by atoms with Crippen LogP contribution in [0.2, 0.25) is 5.15 Å². The Kier molecular flexibility index (Phi) is 3.99. The molecule has 0 fully saturated rings. The number of hydrogen-bond acceptors (Lipinski definition) is 4. The van der Waals surface area contributed by atoms with E-state index in [1.54, 1.807) is 18.3 Å². The van der Waals surface area contributed by atoms with Crippen LogP contribution in [-0.4, -0.2) is 9.97 Å². The van der Waals surface area contributed by atoms with Gasteiger partial charge in [-0.2, -0.15) is 0 Å². The van der Waals surface area contributed by atoms with Crippen LogP contribution in [-0.2, 0) is 13.0 Å². The summed E-state index contributed by atoms with van der Waals surface area (Å²) in [5.74, 6) is 0.593. The van der Waals surface area contributed by atoms with Crippen molar-refractivity contribution < 1.29 is 0 Å². The second kappa shape index (κ2) is 5.69. The van der Waals surface area contributed by atoms with E-state index >= 15 is 0 Å². The quantitative estimate of drug-likeness (QED) is 0.832. The van der Waals surface area contributed by atoms with E-state index in [1.165, 1.54) is 5.56 Å². The molecule has 0 aliphatic heterocycles. The molecular weight excluding hydrogens is 248 g/mol. The number of aryl methyl sites for hydroxylation is 1. The van der Waals surface area contributed by atoms with E-state index in [0.29, 0.717) is 23.2 Å². The molecule has 0 aliphatic carbocycles. The van der Waals surface area contributed by atoms with Crippen LogP contribution in [0.3, 0.4) is 0 Å². The number of hydrogen-bond donors (Lipinski definition) is 2. The fourth-order valence-electron chi connectivity index (χ4n) is 1.71. The second-order valence-corrected chi connectivity index (χ2v) is 4.28. The molecule has 0 saturated carbocycles. The van der Waals surface area contributed by atoms with Gasteiger partial charge in [0.05, 0.1) is 17.9 Å². The maximum atomic E-state index is 5.83. The Morgan fingerprint density at radius 2 is 2.17 bits per heavy atom. The van der Waals surface area contributed by atoms with E-state index in [2.05, 4.69) is 28.3 Å². The van der Waals surface area contributed by atoms with Crippen molar-refractivity contribution in [3.05, 3.63) is 46.9 Å². The molecule has 0 radical (unpaired) electrons. The normalized spacial score (nSPS) is 10.3. The number of nitrogens with two attached hydrogens (primary N) is 1. The van der Waals surface area contributed by atoms with Crippen LogP contribution in [0, 0.1) is 0 Å². The topological polar surface area (TPSA) is 63.8 Å². The molecule has 5 heteroatoms. The molecule has 18 heavy (non-hydrogen) atoms. The van der Waals surface area contributed by atoms with Gasteiger partial charge in [0, 0.05) is 6.20 Å². The summed E-state index contributed by atoms with van der Waals surface area (Å²) in [6.45, 7) is 2.69. The first-order valence-corrected chi connectivity index (χ1v) is 6.17. The highest BCUT2D eigenvalue weighted by atomic mass is 35.5. The lowest BCUT2D eigenvalue weighted by atomic mass is 10.1. The van der Waals surface area contributed by atoms with E-state index in [9.17, 15) is 0 Å². The number of rotatable bonds is 4. The van der Waals surface area contributed by atoms with Crippen LogP contribution < -0.4 is 11.1 Å². The molecule has 0 spiro atoms. The van der Waals surface area contributed by atoms with E-state index in [0.717, 1.165) is 12.1 Å². The van der Waals surface area contributed by atoms with Gasteiger partial charge < -0.3 is 11.1 Å². The monoisotopic (exact) mass is 262 g/mol. The van der Waals surface area contributed by atoms with Crippen molar-refractivity contribution in [2.24, 2.45) is 0 Å². The fourth-order valence-corrected chi connectivity index (χ4v) is 1.86. The Labute approximate surface area is 111 Å². The molecule has 0 saturated heterocycles. The molecule has 0 atom stereocenters. The Balaban J connectivity index is 2.14. The minimum atomic E-state index is 0.420. The zero-order valence-corrected chi connectivity index (χ0v) is 10.9. The molecule has 0 aromatic carbocycles. The standard InChI is InChI=1S/C13H15ClN4/c1-2-9-4-3-7-16-11(9)8-17-13-10(15)5-6-12(14)18-13/h3-7H,2,8,15H2,1H3,(H,17,18). The first-order chi connectivity index (χ1) is 8.70. The third kappa shape index (κ3) is 2.90. The van der Waals surface area contributed by atoms with Gasteiger partial charge in [-0.1, -0.05) is 24.6 Å². The summed E-state index contributed by atoms with van der Waals surface area (Å²) >= 11 is 5.83. The number of nitrogens with zero attached hydrogens (tertiary/aromatic N) is 2. The van der Waals surface area contributed by atoms with Gasteiger partial charge in [-0.05, 0) is 30.2 Å². The van der Waals surface area contributed by atoms with Gasteiger partial charge in [0.15, 0.2) is 5.82 Å². The van der Waals surface area contributed by atoms with Crippen molar-refractivity contribution in [3.63, 3.8) is 0 Å². The van der Waals surface area contributed by atoms with Crippen LogP contribution >= 0.6 is 11.6 Å². The number of aromatic nitrogens is 2. The zero-order chi connectivity index (χ0) is 13.0. The average molecular weight is 263 g/mol. The largest absolute Gasteiger partial charge is 0.396 e. The van der Waals surface area contributed by atoms with Crippen LogP contribution in [0.25, 0.3) is 0 Å². The third-order valence-electron chi connectivity index (χ3n) is 2.68. The van der Waals surface area contributed by atoms with E-state index < -0.39 is 0 Å². The summed E-state index contributed by atoms with van der Waals surface area (Å²) < 4.78 is 0. The lowest BCUT2D eigenvalue weighted by molar-refractivity contribution is 0.965. The van der Waals surface area contributed by atoms with Crippen molar-refractivity contribution in [3.8, 4) is 0 Å². The summed E-state index contributed by atoms with van der Waals surface area (Å²) in [4.78, 5) is 8.50. The van der Waals surface area contributed by atoms with Crippen LogP contribution in [0.1, 0.15) is 18.2 Å². The van der Waals surface area contributed by atoms with Gasteiger partial charge in [0.1, 0.15) is 5.15 Å². The molecule has 0 amide bonds. The lowest BCUT2D eigenvalue weighted by Crippen LogP contribution is -2.08. The Hall–Kier alpha value is -1.81. The molecule has 2 rings (SSSR count). The molecule has 0 unspecified atom stereocenters. The second-order valence-electron chi connectivity index (χ2n) is 3.89. The molecule has 2 aromatic heterocycles. The molecular formula is C13H15ClN4. The maximum Gasteiger partial charge on any atom is 0.151 e. The van der Waals surface area contributed by atoms with Crippen molar-refractivity contribution >= 4 is 23.1 Å². The highest BCUT2D eigenvalue weighted by Gasteiger charge is 2.04. The predicted molar refractivity (Wildman–Crippen MR) is 74.6 cm³/mol. The van der Waals surface area contributed by atoms with Gasteiger partial charge in [-0.3, -0.25) is 4.98 Å². The minimum absolute atomic E-state index is 0.420. The summed E-state index contributed by atoms with van der Waals surface area (Å²) in [6, 6.07) is 7.41. The van der Waals surface area contributed by atoms with Gasteiger partial charge in [0.25, 0.3) is 0 Å². The minimum Gasteiger partial charge on any atom is -0.396 e. The number of nitrogen functional groups attached to an aromatic ring is 1. The number of pyridine rings is 2. The smallest absolute Gasteiger partial charge is 0.151 e. The summed E-state index contributed by atoms with van der Waals surface area (Å²) in [7, 11) is 0. The number of halogens is 1. The van der Waals surface area contributed by atoms with Crippen molar-refractivity contribution in [2.75, 3.05) is 11.1 Å². The SMILES string of the molecule is CCc1cccnc1CNc1nc(Cl)ccc1N. The van der Waals surface area contributed by atoms with Gasteiger partial charge in [0.2, 0.25) is 0 Å². The van der Waals surface area contributed by atoms with Crippen molar-refractivity contribution in [2.45, 2.75) is 19.9 Å². The van der Waals surface area contributed by atoms with Crippen molar-refractivity contribution in [1.29, 1.82) is 0 Å². The number of anilines is 2. The van der Waals surface area contributed by atoms with Gasteiger partial charge in [-0.15, -0.1) is 0 Å². The molecule has 3 N–H and O–H groups in total. The first-order valence-electron chi connectivity index (χ1n) is 5.79. The Morgan fingerprint density at radius 3 is 2.94 bits per heavy atom. The summed E-state index contributed by atoms with van der Waals surface area (Å²) in [5, 5.41) is 3.58. The summed E-state index contributed by atoms with van der Waals surface area (Å²) in [5.41, 5.74) is 8.61. The van der Waals surface area contributed by atoms with Crippen LogP contribution in [0.5, 0.6) is 0 Å². The van der Waals surface area contributed by atoms with Gasteiger partial charge >= 0.3 is 0 Å². The van der Waals surface area contributed by atoms with Gasteiger partial charge in [-0.25, -0.2) is 4.98 Å². The van der Waals surface area contributed by atoms with Crippen molar-refractivity contribution in [1.82, 2.24) is 9.97 Å². The molecule has 4 nitrogen and oxygen atoms in total. The fraction of sp³-hybridized carbons (Fsp3) is 0.231. The predicted octanol–water partition coefficient (Wildman–Crippen LogP) is 2.89.